The molecule has 2 N–H and O–H groups in total. The van der Waals surface area contributed by atoms with Gasteiger partial charge in [0.1, 0.15) is 23.0 Å². The van der Waals surface area contributed by atoms with E-state index >= 15 is 0 Å². The molecule has 0 aromatic heterocycles. The van der Waals surface area contributed by atoms with Crippen molar-refractivity contribution in [1.82, 2.24) is 10.2 Å². The molecule has 0 radical (unpaired) electrons. The van der Waals surface area contributed by atoms with Crippen molar-refractivity contribution in [3.8, 4) is 0 Å². The molecule has 2 aromatic rings. The summed E-state index contributed by atoms with van der Waals surface area (Å²) < 4.78 is 28.3. The highest BCUT2D eigenvalue weighted by Crippen LogP contribution is 2.46. The van der Waals surface area contributed by atoms with Crippen molar-refractivity contribution >= 4 is 23.5 Å². The summed E-state index contributed by atoms with van der Waals surface area (Å²) in [6.45, 7) is 7.05. The molecule has 1 aliphatic carbocycles. The molecule has 1 fully saturated rings. The van der Waals surface area contributed by atoms with E-state index in [0.717, 1.165) is 30.5 Å². The number of aliphatic carboxylic acids is 1. The molecule has 1 spiro atoms. The van der Waals surface area contributed by atoms with E-state index in [9.17, 15) is 23.2 Å². The molecule has 208 valence electrons. The Bertz CT molecular complexity index is 1280. The summed E-state index contributed by atoms with van der Waals surface area (Å²) in [4.78, 5) is 43.1. The van der Waals surface area contributed by atoms with Crippen LogP contribution < -0.4 is 5.32 Å². The molecule has 1 aliphatic heterocycles. The van der Waals surface area contributed by atoms with E-state index in [-0.39, 0.29) is 41.5 Å². The Balaban J connectivity index is 1.51. The van der Waals surface area contributed by atoms with Crippen LogP contribution in [0, 0.1) is 23.0 Å². The zero-order chi connectivity index (χ0) is 28.4. The summed E-state index contributed by atoms with van der Waals surface area (Å²) in [6.07, 6.45) is 3.47. The molecular weight excluding hydrogens is 504 g/mol. The number of amides is 2. The summed E-state index contributed by atoms with van der Waals surface area (Å²) in [6, 6.07) is 10.1. The second-order valence-electron chi connectivity index (χ2n) is 11.5. The normalized spacial score (nSPS) is 21.3. The first kappa shape index (κ1) is 28.4. The minimum absolute atomic E-state index is 0.0134. The quantitative estimate of drug-likeness (QED) is 0.495. The smallest absolute Gasteiger partial charge is 0.305 e. The largest absolute Gasteiger partial charge is 0.481 e. The third kappa shape index (κ3) is 6.34. The number of benzene rings is 2. The molecule has 0 unspecified atom stereocenters. The van der Waals surface area contributed by atoms with Crippen LogP contribution in [-0.4, -0.2) is 52.3 Å². The standard InChI is InChI=1S/C30H35F2N3O4/c1-29(2,3)21-10-14-30(15-11-21)34-26(23-9-8-22(31)18-24(23)32)28(39)35(30)17-13-19-4-6-20(7-5-19)27(38)33-16-12-25(36)37/h4-9,18,21H,10-17H2,1-3H3,(H,33,38)(H,36,37). The van der Waals surface area contributed by atoms with E-state index in [2.05, 4.69) is 26.1 Å². The molecule has 2 aromatic carbocycles. The van der Waals surface area contributed by atoms with E-state index in [1.54, 1.807) is 29.2 Å². The number of rotatable bonds is 8. The number of nitrogens with one attached hydrogen (secondary N) is 1. The van der Waals surface area contributed by atoms with Crippen molar-refractivity contribution in [3.05, 3.63) is 70.8 Å². The highest BCUT2D eigenvalue weighted by molar-refractivity contribution is 6.46. The van der Waals surface area contributed by atoms with E-state index < -0.39 is 23.3 Å². The Kier molecular flexibility index (Phi) is 8.18. The molecule has 2 aliphatic rings. The number of carboxylic acids is 1. The predicted molar refractivity (Wildman–Crippen MR) is 143 cm³/mol. The van der Waals surface area contributed by atoms with Crippen LogP contribution in [0.15, 0.2) is 47.5 Å². The van der Waals surface area contributed by atoms with Gasteiger partial charge in [0.15, 0.2) is 0 Å². The van der Waals surface area contributed by atoms with E-state index in [1.165, 1.54) is 6.07 Å². The number of halogens is 2. The van der Waals surface area contributed by atoms with Gasteiger partial charge >= 0.3 is 5.97 Å². The molecule has 2 amide bonds. The maximum atomic E-state index is 14.7. The molecule has 0 bridgehead atoms. The lowest BCUT2D eigenvalue weighted by molar-refractivity contribution is -0.136. The number of carbonyl (C=O) groups excluding carboxylic acids is 2. The Morgan fingerprint density at radius 3 is 2.36 bits per heavy atom. The van der Waals surface area contributed by atoms with E-state index in [4.69, 9.17) is 10.1 Å². The van der Waals surface area contributed by atoms with Gasteiger partial charge in [0.2, 0.25) is 0 Å². The van der Waals surface area contributed by atoms with E-state index in [0.29, 0.717) is 37.3 Å². The Hall–Kier alpha value is -3.62. The Morgan fingerprint density at radius 2 is 1.77 bits per heavy atom. The van der Waals surface area contributed by atoms with Gasteiger partial charge < -0.3 is 15.3 Å². The van der Waals surface area contributed by atoms with Crippen LogP contribution in [0.4, 0.5) is 8.78 Å². The second kappa shape index (κ2) is 11.2. The topological polar surface area (TPSA) is 99.1 Å². The number of hydrogen-bond donors (Lipinski definition) is 2. The summed E-state index contributed by atoms with van der Waals surface area (Å²) in [5.41, 5.74) is 0.737. The van der Waals surface area contributed by atoms with Crippen LogP contribution in [0.1, 0.15) is 74.4 Å². The van der Waals surface area contributed by atoms with Crippen LogP contribution in [-0.2, 0) is 16.0 Å². The first-order valence-corrected chi connectivity index (χ1v) is 13.4. The minimum Gasteiger partial charge on any atom is -0.481 e. The second-order valence-corrected chi connectivity index (χ2v) is 11.5. The monoisotopic (exact) mass is 539 g/mol. The predicted octanol–water partition coefficient (Wildman–Crippen LogP) is 4.98. The van der Waals surface area contributed by atoms with Gasteiger partial charge in [-0.15, -0.1) is 0 Å². The van der Waals surface area contributed by atoms with Crippen LogP contribution in [0.3, 0.4) is 0 Å². The highest BCUT2D eigenvalue weighted by Gasteiger charge is 2.50. The van der Waals surface area contributed by atoms with Crippen molar-refractivity contribution in [2.75, 3.05) is 13.1 Å². The number of hydrogen-bond acceptors (Lipinski definition) is 4. The lowest BCUT2D eigenvalue weighted by atomic mass is 9.69. The van der Waals surface area contributed by atoms with Gasteiger partial charge in [0.05, 0.1) is 6.42 Å². The van der Waals surface area contributed by atoms with Crippen LogP contribution in [0.25, 0.3) is 0 Å². The first-order chi connectivity index (χ1) is 18.4. The van der Waals surface area contributed by atoms with Crippen molar-refractivity contribution in [2.24, 2.45) is 16.3 Å². The van der Waals surface area contributed by atoms with Gasteiger partial charge in [0.25, 0.3) is 11.8 Å². The lowest BCUT2D eigenvalue weighted by Gasteiger charge is -2.45. The van der Waals surface area contributed by atoms with Crippen molar-refractivity contribution in [1.29, 1.82) is 0 Å². The average molecular weight is 540 g/mol. The van der Waals surface area contributed by atoms with Crippen molar-refractivity contribution in [2.45, 2.75) is 65.0 Å². The van der Waals surface area contributed by atoms with Gasteiger partial charge in [-0.05, 0) is 73.3 Å². The van der Waals surface area contributed by atoms with Crippen molar-refractivity contribution in [3.63, 3.8) is 0 Å². The maximum Gasteiger partial charge on any atom is 0.305 e. The summed E-state index contributed by atoms with van der Waals surface area (Å²) in [7, 11) is 0. The maximum absolute atomic E-state index is 14.7. The van der Waals surface area contributed by atoms with Crippen molar-refractivity contribution < 1.29 is 28.3 Å². The molecule has 39 heavy (non-hydrogen) atoms. The molecule has 1 heterocycles. The molecular formula is C30H35F2N3O4. The van der Waals surface area contributed by atoms with Crippen LogP contribution >= 0.6 is 0 Å². The third-order valence-electron chi connectivity index (χ3n) is 7.93. The molecule has 0 atom stereocenters. The van der Waals surface area contributed by atoms with Crippen LogP contribution in [0.5, 0.6) is 0 Å². The molecule has 0 saturated heterocycles. The summed E-state index contributed by atoms with van der Waals surface area (Å²) >= 11 is 0. The zero-order valence-corrected chi connectivity index (χ0v) is 22.6. The summed E-state index contributed by atoms with van der Waals surface area (Å²) in [5.74, 6) is -2.73. The van der Waals surface area contributed by atoms with E-state index in [1.807, 2.05) is 0 Å². The van der Waals surface area contributed by atoms with Crippen LogP contribution in [0.2, 0.25) is 0 Å². The highest BCUT2D eigenvalue weighted by atomic mass is 19.1. The molecule has 9 heteroatoms. The molecule has 7 nitrogen and oxygen atoms in total. The lowest BCUT2D eigenvalue weighted by Crippen LogP contribution is -2.50. The average Bonchev–Trinajstić information content (AvgIpc) is 3.12. The van der Waals surface area contributed by atoms with Gasteiger partial charge in [0, 0.05) is 30.3 Å². The third-order valence-corrected chi connectivity index (χ3v) is 7.93. The molecule has 4 rings (SSSR count). The Morgan fingerprint density at radius 1 is 1.10 bits per heavy atom. The fourth-order valence-electron chi connectivity index (χ4n) is 5.58. The Labute approximate surface area is 227 Å². The minimum atomic E-state index is -0.985. The number of nitrogens with zero attached hydrogens (tertiary/aromatic N) is 2. The van der Waals surface area contributed by atoms with Gasteiger partial charge in [-0.1, -0.05) is 32.9 Å². The number of carbonyl (C=O) groups is 3. The van der Waals surface area contributed by atoms with Gasteiger partial charge in [-0.3, -0.25) is 19.4 Å². The van der Waals surface area contributed by atoms with Gasteiger partial charge in [-0.25, -0.2) is 8.78 Å². The SMILES string of the molecule is CC(C)(C)C1CCC2(CC1)N=C(c1ccc(F)cc1F)C(=O)N2CCc1ccc(C(=O)NCCC(=O)O)cc1. The fourth-order valence-corrected chi connectivity index (χ4v) is 5.58. The summed E-state index contributed by atoms with van der Waals surface area (Å²) in [5, 5.41) is 11.3. The van der Waals surface area contributed by atoms with Gasteiger partial charge in [-0.2, -0.15) is 0 Å². The first-order valence-electron chi connectivity index (χ1n) is 13.4. The number of carboxylic acid groups (broad SMARTS) is 1. The molecule has 1 saturated carbocycles. The zero-order valence-electron chi connectivity index (χ0n) is 22.6. The number of aliphatic imine (C=N–C) groups is 1. The fraction of sp³-hybridized carbons (Fsp3) is 0.467.